The van der Waals surface area contributed by atoms with Crippen LogP contribution < -0.4 is 15.0 Å². The van der Waals surface area contributed by atoms with Gasteiger partial charge in [0, 0.05) is 4.47 Å². The van der Waals surface area contributed by atoms with E-state index in [2.05, 4.69) is 43.8 Å². The Morgan fingerprint density at radius 3 is 2.41 bits per heavy atom. The minimum Gasteiger partial charge on any atom is -0.488 e. The molecule has 3 aromatic carbocycles. The van der Waals surface area contributed by atoms with Crippen molar-refractivity contribution < 1.29 is 19.1 Å². The van der Waals surface area contributed by atoms with Crippen LogP contribution in [0.25, 0.3) is 6.08 Å². The third kappa shape index (κ3) is 5.23. The molecule has 1 saturated heterocycles. The Bertz CT molecular complexity index is 1340. The first-order valence-corrected chi connectivity index (χ1v) is 12.3. The molecule has 4 amide bonds. The summed E-state index contributed by atoms with van der Waals surface area (Å²) in [6.45, 7) is 4.32. The van der Waals surface area contributed by atoms with Crippen LogP contribution in [-0.4, -0.2) is 17.8 Å². The van der Waals surface area contributed by atoms with Crippen LogP contribution in [0.2, 0.25) is 0 Å². The standard InChI is InChI=1S/C26H20BrIN2O4/c1-15-3-5-17(6-4-15)14-34-23-10-7-18(13-22(23)28)12-20-24(31)29-26(33)30(25(20)32)19-8-9-21(27)16(2)11-19/h3-13H,14H2,1-2H3,(H,29,31,33)/b20-12+. The Morgan fingerprint density at radius 1 is 1.00 bits per heavy atom. The van der Waals surface area contributed by atoms with Crippen molar-refractivity contribution >= 4 is 68.1 Å². The molecule has 0 atom stereocenters. The van der Waals surface area contributed by atoms with Gasteiger partial charge in [0.15, 0.2) is 0 Å². The Morgan fingerprint density at radius 2 is 1.74 bits per heavy atom. The number of carbonyl (C=O) groups is 3. The number of rotatable bonds is 5. The van der Waals surface area contributed by atoms with Gasteiger partial charge in [-0.05, 0) is 89.5 Å². The van der Waals surface area contributed by atoms with Crippen molar-refractivity contribution in [1.82, 2.24) is 5.32 Å². The number of hydrogen-bond acceptors (Lipinski definition) is 4. The summed E-state index contributed by atoms with van der Waals surface area (Å²) < 4.78 is 7.62. The van der Waals surface area contributed by atoms with Crippen molar-refractivity contribution in [3.63, 3.8) is 0 Å². The van der Waals surface area contributed by atoms with E-state index in [1.165, 1.54) is 11.6 Å². The lowest BCUT2D eigenvalue weighted by atomic mass is 10.1. The fraction of sp³-hybridized carbons (Fsp3) is 0.115. The first-order valence-electron chi connectivity index (χ1n) is 10.4. The van der Waals surface area contributed by atoms with Gasteiger partial charge >= 0.3 is 6.03 Å². The van der Waals surface area contributed by atoms with Crippen LogP contribution in [0.5, 0.6) is 5.75 Å². The number of imide groups is 2. The molecule has 0 aliphatic carbocycles. The summed E-state index contributed by atoms with van der Waals surface area (Å²) in [4.78, 5) is 39.0. The van der Waals surface area contributed by atoms with E-state index in [1.54, 1.807) is 30.3 Å². The van der Waals surface area contributed by atoms with Gasteiger partial charge in [-0.1, -0.05) is 51.8 Å². The number of halogens is 2. The normalized spacial score (nSPS) is 15.0. The number of anilines is 1. The van der Waals surface area contributed by atoms with E-state index < -0.39 is 17.8 Å². The van der Waals surface area contributed by atoms with Gasteiger partial charge in [-0.15, -0.1) is 0 Å². The van der Waals surface area contributed by atoms with Crippen molar-refractivity contribution in [3.05, 3.63) is 96.5 Å². The molecule has 6 nitrogen and oxygen atoms in total. The predicted octanol–water partition coefficient (Wildman–Crippen LogP) is 5.92. The molecular weight excluding hydrogens is 611 g/mol. The van der Waals surface area contributed by atoms with Crippen LogP contribution in [0.4, 0.5) is 10.5 Å². The quantitative estimate of drug-likeness (QED) is 0.216. The number of hydrogen-bond donors (Lipinski definition) is 1. The van der Waals surface area contributed by atoms with E-state index in [4.69, 9.17) is 4.74 Å². The molecular formula is C26H20BrIN2O4. The van der Waals surface area contributed by atoms with E-state index >= 15 is 0 Å². The van der Waals surface area contributed by atoms with Gasteiger partial charge < -0.3 is 4.74 Å². The molecule has 0 radical (unpaired) electrons. The molecule has 1 fully saturated rings. The van der Waals surface area contributed by atoms with Crippen molar-refractivity contribution in [1.29, 1.82) is 0 Å². The average molecular weight is 631 g/mol. The van der Waals surface area contributed by atoms with E-state index in [0.29, 0.717) is 23.6 Å². The summed E-state index contributed by atoms with van der Waals surface area (Å²) in [5.41, 5.74) is 4.01. The lowest BCUT2D eigenvalue weighted by Gasteiger charge is -2.26. The monoisotopic (exact) mass is 630 g/mol. The predicted molar refractivity (Wildman–Crippen MR) is 143 cm³/mol. The number of urea groups is 1. The highest BCUT2D eigenvalue weighted by atomic mass is 127. The highest BCUT2D eigenvalue weighted by Crippen LogP contribution is 2.28. The largest absolute Gasteiger partial charge is 0.488 e. The molecule has 8 heteroatoms. The molecule has 1 aliphatic heterocycles. The zero-order chi connectivity index (χ0) is 24.4. The van der Waals surface area contributed by atoms with Crippen LogP contribution in [-0.2, 0) is 16.2 Å². The molecule has 0 spiro atoms. The summed E-state index contributed by atoms with van der Waals surface area (Å²) in [6, 6.07) is 17.8. The zero-order valence-electron chi connectivity index (χ0n) is 18.4. The van der Waals surface area contributed by atoms with Crippen LogP contribution in [0.15, 0.2) is 70.7 Å². The van der Waals surface area contributed by atoms with Gasteiger partial charge in [0.05, 0.1) is 9.26 Å². The van der Waals surface area contributed by atoms with Crippen molar-refractivity contribution in [2.24, 2.45) is 0 Å². The highest BCUT2D eigenvalue weighted by molar-refractivity contribution is 14.1. The second-order valence-corrected chi connectivity index (χ2v) is 9.87. The maximum absolute atomic E-state index is 13.1. The number of nitrogens with zero attached hydrogens (tertiary/aromatic N) is 1. The fourth-order valence-electron chi connectivity index (χ4n) is 3.40. The number of amides is 4. The Balaban J connectivity index is 1.56. The van der Waals surface area contributed by atoms with E-state index in [1.807, 2.05) is 44.2 Å². The van der Waals surface area contributed by atoms with Gasteiger partial charge in [-0.3, -0.25) is 14.9 Å². The lowest BCUT2D eigenvalue weighted by Crippen LogP contribution is -2.54. The maximum atomic E-state index is 13.1. The van der Waals surface area contributed by atoms with E-state index in [0.717, 1.165) is 24.1 Å². The Hall–Kier alpha value is -2.98. The topological polar surface area (TPSA) is 75.7 Å². The molecule has 1 aliphatic rings. The van der Waals surface area contributed by atoms with Crippen molar-refractivity contribution in [2.75, 3.05) is 4.90 Å². The molecule has 3 aromatic rings. The molecule has 0 aromatic heterocycles. The van der Waals surface area contributed by atoms with Crippen molar-refractivity contribution in [3.8, 4) is 5.75 Å². The van der Waals surface area contributed by atoms with Gasteiger partial charge in [0.2, 0.25) is 0 Å². The number of barbiturate groups is 1. The molecule has 172 valence electrons. The second kappa shape index (κ2) is 10.1. The van der Waals surface area contributed by atoms with Gasteiger partial charge in [-0.25, -0.2) is 9.69 Å². The third-order valence-corrected chi connectivity index (χ3v) is 7.02. The minimum atomic E-state index is -0.775. The smallest absolute Gasteiger partial charge is 0.335 e. The van der Waals surface area contributed by atoms with Crippen LogP contribution in [0, 0.1) is 17.4 Å². The summed E-state index contributed by atoms with van der Waals surface area (Å²) in [6.07, 6.45) is 1.48. The fourth-order valence-corrected chi connectivity index (χ4v) is 4.34. The number of benzene rings is 3. The Labute approximate surface area is 219 Å². The van der Waals surface area contributed by atoms with Crippen LogP contribution in [0.1, 0.15) is 22.3 Å². The Kier molecular flexibility index (Phi) is 7.18. The second-order valence-electron chi connectivity index (χ2n) is 7.86. The van der Waals surface area contributed by atoms with E-state index in [9.17, 15) is 14.4 Å². The first-order chi connectivity index (χ1) is 16.2. The summed E-state index contributed by atoms with van der Waals surface area (Å²) >= 11 is 5.56. The first kappa shape index (κ1) is 24.2. The molecule has 1 N–H and O–H groups in total. The van der Waals surface area contributed by atoms with Crippen LogP contribution in [0.3, 0.4) is 0 Å². The third-order valence-electron chi connectivity index (χ3n) is 5.28. The van der Waals surface area contributed by atoms with Gasteiger partial charge in [0.1, 0.15) is 17.9 Å². The molecule has 4 rings (SSSR count). The highest BCUT2D eigenvalue weighted by Gasteiger charge is 2.36. The molecule has 1 heterocycles. The molecule has 0 unspecified atom stereocenters. The number of nitrogens with one attached hydrogen (secondary N) is 1. The van der Waals surface area contributed by atoms with Crippen LogP contribution >= 0.6 is 38.5 Å². The maximum Gasteiger partial charge on any atom is 0.335 e. The summed E-state index contributed by atoms with van der Waals surface area (Å²) in [5, 5.41) is 2.25. The lowest BCUT2D eigenvalue weighted by molar-refractivity contribution is -0.122. The van der Waals surface area contributed by atoms with Gasteiger partial charge in [0.25, 0.3) is 11.8 Å². The SMILES string of the molecule is Cc1ccc(COc2ccc(/C=C3\C(=O)NC(=O)N(c4ccc(Br)c(C)c4)C3=O)cc2I)cc1. The molecule has 0 saturated carbocycles. The molecule has 34 heavy (non-hydrogen) atoms. The number of ether oxygens (including phenoxy) is 1. The summed E-state index contributed by atoms with van der Waals surface area (Å²) in [5.74, 6) is -0.704. The molecule has 0 bridgehead atoms. The van der Waals surface area contributed by atoms with Gasteiger partial charge in [-0.2, -0.15) is 0 Å². The van der Waals surface area contributed by atoms with Crippen molar-refractivity contribution in [2.45, 2.75) is 20.5 Å². The van der Waals surface area contributed by atoms with E-state index in [-0.39, 0.29) is 5.57 Å². The number of carbonyl (C=O) groups excluding carboxylic acids is 3. The zero-order valence-corrected chi connectivity index (χ0v) is 22.1. The number of aryl methyl sites for hydroxylation is 2. The minimum absolute atomic E-state index is 0.121. The summed E-state index contributed by atoms with van der Waals surface area (Å²) in [7, 11) is 0. The average Bonchev–Trinajstić information content (AvgIpc) is 2.79.